The van der Waals surface area contributed by atoms with Crippen molar-refractivity contribution in [2.24, 2.45) is 0 Å². The van der Waals surface area contributed by atoms with Crippen molar-refractivity contribution in [1.82, 2.24) is 19.9 Å². The van der Waals surface area contributed by atoms with Crippen LogP contribution >= 0.6 is 11.3 Å². The highest BCUT2D eigenvalue weighted by molar-refractivity contribution is 7.13. The molecule has 27 heavy (non-hydrogen) atoms. The average Bonchev–Trinajstić information content (AvgIpc) is 3.31. The average molecular weight is 380 g/mol. The number of fused-ring (bicyclic) bond motifs is 1. The van der Waals surface area contributed by atoms with E-state index in [1.165, 1.54) is 23.5 Å². The Hall–Kier alpha value is -3.06. The zero-order valence-electron chi connectivity index (χ0n) is 14.6. The number of nitrogens with one attached hydrogen (secondary N) is 1. The van der Waals surface area contributed by atoms with Crippen LogP contribution in [0.2, 0.25) is 0 Å². The zero-order valence-corrected chi connectivity index (χ0v) is 15.5. The Bertz CT molecular complexity index is 1120. The molecule has 0 aliphatic carbocycles. The summed E-state index contributed by atoms with van der Waals surface area (Å²) in [4.78, 5) is 21.3. The molecule has 1 N–H and O–H groups in total. The second-order valence-electron chi connectivity index (χ2n) is 6.05. The summed E-state index contributed by atoms with van der Waals surface area (Å²) >= 11 is 1.42. The first-order chi connectivity index (χ1) is 13.2. The molecule has 0 saturated carbocycles. The van der Waals surface area contributed by atoms with E-state index < -0.39 is 0 Å². The minimum Gasteiger partial charge on any atom is -0.347 e. The van der Waals surface area contributed by atoms with Gasteiger partial charge in [0.25, 0.3) is 5.91 Å². The molecular formula is C20H17FN4OS. The normalized spacial score (nSPS) is 11.0. The van der Waals surface area contributed by atoms with Gasteiger partial charge in [-0.05, 0) is 36.8 Å². The SMILES string of the molecule is CCn1cc(-c2nc(C(=O)NCc3cccc(F)c3)cs2)c2cccnc21. The van der Waals surface area contributed by atoms with Gasteiger partial charge in [0.05, 0.1) is 0 Å². The molecular weight excluding hydrogens is 363 g/mol. The molecule has 3 heterocycles. The van der Waals surface area contributed by atoms with Crippen molar-refractivity contribution in [3.63, 3.8) is 0 Å². The van der Waals surface area contributed by atoms with Crippen LogP contribution in [0.3, 0.4) is 0 Å². The van der Waals surface area contributed by atoms with Crippen LogP contribution in [0.25, 0.3) is 21.6 Å². The van der Waals surface area contributed by atoms with Crippen LogP contribution < -0.4 is 5.32 Å². The predicted octanol–water partition coefficient (Wildman–Crippen LogP) is 4.25. The van der Waals surface area contributed by atoms with Gasteiger partial charge in [0.1, 0.15) is 22.2 Å². The molecule has 0 unspecified atom stereocenters. The molecule has 0 saturated heterocycles. The molecule has 0 atom stereocenters. The first kappa shape index (κ1) is 17.4. The third kappa shape index (κ3) is 3.46. The van der Waals surface area contributed by atoms with E-state index in [4.69, 9.17) is 0 Å². The van der Waals surface area contributed by atoms with Crippen molar-refractivity contribution in [3.05, 3.63) is 71.2 Å². The van der Waals surface area contributed by atoms with E-state index in [2.05, 4.69) is 26.8 Å². The number of benzene rings is 1. The summed E-state index contributed by atoms with van der Waals surface area (Å²) in [6, 6.07) is 10.1. The number of carbonyl (C=O) groups excluding carboxylic acids is 1. The van der Waals surface area contributed by atoms with Crippen LogP contribution in [0.15, 0.2) is 54.2 Å². The Labute approximate surface area is 159 Å². The molecule has 1 amide bonds. The molecule has 0 aliphatic rings. The standard InChI is InChI=1S/C20H17FN4OS/c1-2-25-11-16(15-7-4-8-22-18(15)25)20-24-17(12-27-20)19(26)23-10-13-5-3-6-14(21)9-13/h3-9,11-12H,2,10H2,1H3,(H,23,26). The smallest absolute Gasteiger partial charge is 0.271 e. The number of carbonyl (C=O) groups is 1. The second-order valence-corrected chi connectivity index (χ2v) is 6.91. The largest absolute Gasteiger partial charge is 0.347 e. The summed E-state index contributed by atoms with van der Waals surface area (Å²) in [5, 5.41) is 6.31. The summed E-state index contributed by atoms with van der Waals surface area (Å²) in [6.07, 6.45) is 3.79. The van der Waals surface area contributed by atoms with Gasteiger partial charge >= 0.3 is 0 Å². The van der Waals surface area contributed by atoms with Gasteiger partial charge in [-0.25, -0.2) is 14.4 Å². The summed E-state index contributed by atoms with van der Waals surface area (Å²) in [6.45, 7) is 3.12. The lowest BCUT2D eigenvalue weighted by Gasteiger charge is -2.03. The Balaban J connectivity index is 1.56. The molecule has 1 aromatic carbocycles. The number of halogens is 1. The minimum atomic E-state index is -0.321. The van der Waals surface area contributed by atoms with Crippen LogP contribution in [0.5, 0.6) is 0 Å². The molecule has 3 aromatic heterocycles. The number of thiazole rings is 1. The highest BCUT2D eigenvalue weighted by atomic mass is 32.1. The third-order valence-corrected chi connectivity index (χ3v) is 5.16. The Morgan fingerprint density at radius 2 is 2.19 bits per heavy atom. The van der Waals surface area contributed by atoms with Crippen LogP contribution in [0, 0.1) is 5.82 Å². The van der Waals surface area contributed by atoms with Crippen molar-refractivity contribution >= 4 is 28.3 Å². The van der Waals surface area contributed by atoms with Crippen LogP contribution in [-0.2, 0) is 13.1 Å². The van der Waals surface area contributed by atoms with E-state index in [1.54, 1.807) is 23.7 Å². The Morgan fingerprint density at radius 1 is 1.30 bits per heavy atom. The topological polar surface area (TPSA) is 59.8 Å². The van der Waals surface area contributed by atoms with E-state index >= 15 is 0 Å². The fourth-order valence-electron chi connectivity index (χ4n) is 2.96. The maximum atomic E-state index is 13.2. The van der Waals surface area contributed by atoms with Gasteiger partial charge in [-0.15, -0.1) is 11.3 Å². The van der Waals surface area contributed by atoms with Crippen molar-refractivity contribution in [2.75, 3.05) is 0 Å². The third-order valence-electron chi connectivity index (χ3n) is 4.28. The predicted molar refractivity (Wildman–Crippen MR) is 104 cm³/mol. The number of rotatable bonds is 5. The van der Waals surface area contributed by atoms with Crippen LogP contribution in [0.4, 0.5) is 4.39 Å². The van der Waals surface area contributed by atoms with Gasteiger partial charge in [0.15, 0.2) is 0 Å². The van der Waals surface area contributed by atoms with Gasteiger partial charge in [-0.3, -0.25) is 4.79 Å². The molecule has 4 aromatic rings. The van der Waals surface area contributed by atoms with Gasteiger partial charge in [0.2, 0.25) is 0 Å². The number of aromatic nitrogens is 3. The Kier molecular flexibility index (Phi) is 4.68. The lowest BCUT2D eigenvalue weighted by atomic mass is 10.2. The highest BCUT2D eigenvalue weighted by Gasteiger charge is 2.16. The molecule has 0 spiro atoms. The molecule has 0 aliphatic heterocycles. The maximum Gasteiger partial charge on any atom is 0.271 e. The number of hydrogen-bond donors (Lipinski definition) is 1. The molecule has 0 bridgehead atoms. The summed E-state index contributed by atoms with van der Waals surface area (Å²) in [7, 11) is 0. The lowest BCUT2D eigenvalue weighted by molar-refractivity contribution is 0.0946. The van der Waals surface area contributed by atoms with Crippen LogP contribution in [0.1, 0.15) is 23.0 Å². The number of nitrogens with zero attached hydrogens (tertiary/aromatic N) is 3. The van der Waals surface area contributed by atoms with E-state index in [-0.39, 0.29) is 18.3 Å². The fraction of sp³-hybridized carbons (Fsp3) is 0.150. The van der Waals surface area contributed by atoms with Gasteiger partial charge in [0, 0.05) is 41.8 Å². The van der Waals surface area contributed by atoms with Gasteiger partial charge in [-0.2, -0.15) is 0 Å². The molecule has 4 rings (SSSR count). The summed E-state index contributed by atoms with van der Waals surface area (Å²) in [5.41, 5.74) is 2.93. The van der Waals surface area contributed by atoms with E-state index in [0.717, 1.165) is 28.1 Å². The van der Waals surface area contributed by atoms with Crippen molar-refractivity contribution in [2.45, 2.75) is 20.0 Å². The zero-order chi connectivity index (χ0) is 18.8. The first-order valence-electron chi connectivity index (χ1n) is 8.58. The quantitative estimate of drug-likeness (QED) is 0.563. The summed E-state index contributed by atoms with van der Waals surface area (Å²) < 4.78 is 15.3. The lowest BCUT2D eigenvalue weighted by Crippen LogP contribution is -2.23. The fourth-order valence-corrected chi connectivity index (χ4v) is 3.78. The van der Waals surface area contributed by atoms with Crippen molar-refractivity contribution < 1.29 is 9.18 Å². The molecule has 7 heteroatoms. The second kappa shape index (κ2) is 7.28. The molecule has 0 radical (unpaired) electrons. The Morgan fingerprint density at radius 3 is 3.00 bits per heavy atom. The van der Waals surface area contributed by atoms with E-state index in [0.29, 0.717) is 11.3 Å². The maximum absolute atomic E-state index is 13.2. The van der Waals surface area contributed by atoms with Crippen molar-refractivity contribution in [3.8, 4) is 10.6 Å². The van der Waals surface area contributed by atoms with Crippen LogP contribution in [-0.4, -0.2) is 20.4 Å². The minimum absolute atomic E-state index is 0.252. The molecule has 136 valence electrons. The first-order valence-corrected chi connectivity index (χ1v) is 9.46. The van der Waals surface area contributed by atoms with Gasteiger partial charge in [-0.1, -0.05) is 12.1 Å². The van der Waals surface area contributed by atoms with Crippen molar-refractivity contribution in [1.29, 1.82) is 0 Å². The number of aryl methyl sites for hydroxylation is 1. The van der Waals surface area contributed by atoms with E-state index in [9.17, 15) is 9.18 Å². The van der Waals surface area contributed by atoms with Gasteiger partial charge < -0.3 is 9.88 Å². The number of hydrogen-bond acceptors (Lipinski definition) is 4. The van der Waals surface area contributed by atoms with E-state index in [1.807, 2.05) is 18.3 Å². The number of amides is 1. The summed E-state index contributed by atoms with van der Waals surface area (Å²) in [5.74, 6) is -0.599. The monoisotopic (exact) mass is 380 g/mol. The molecule has 5 nitrogen and oxygen atoms in total. The highest BCUT2D eigenvalue weighted by Crippen LogP contribution is 2.31. The molecule has 0 fully saturated rings. The number of pyridine rings is 1.